The van der Waals surface area contributed by atoms with Gasteiger partial charge in [0, 0.05) is 18.2 Å². The molecule has 4 nitrogen and oxygen atoms in total. The molecule has 3 N–H and O–H groups in total. The first-order valence-corrected chi connectivity index (χ1v) is 4.87. The van der Waals surface area contributed by atoms with Gasteiger partial charge in [-0.25, -0.2) is 8.78 Å². The minimum atomic E-state index is -4.82. The van der Waals surface area contributed by atoms with Gasteiger partial charge in [0.15, 0.2) is 5.84 Å². The van der Waals surface area contributed by atoms with Gasteiger partial charge in [0.25, 0.3) is 0 Å². The molecule has 1 atom stereocenters. The van der Waals surface area contributed by atoms with E-state index < -0.39 is 41.9 Å². The molecule has 1 aromatic rings. The Kier molecular flexibility index (Phi) is 4.52. The van der Waals surface area contributed by atoms with Gasteiger partial charge in [-0.1, -0.05) is 5.16 Å². The zero-order valence-electron chi connectivity index (χ0n) is 9.29. The molecule has 1 unspecified atom stereocenters. The first kappa shape index (κ1) is 15.0. The second-order valence-corrected chi connectivity index (χ2v) is 3.54. The summed E-state index contributed by atoms with van der Waals surface area (Å²) in [4.78, 5) is 0. The minimum Gasteiger partial charge on any atom is -0.492 e. The van der Waals surface area contributed by atoms with E-state index in [0.717, 1.165) is 0 Å². The van der Waals surface area contributed by atoms with Gasteiger partial charge in [-0.3, -0.25) is 0 Å². The Hall–Kier alpha value is -2.06. The highest BCUT2D eigenvalue weighted by Crippen LogP contribution is 2.27. The number of hydrogen-bond acceptors (Lipinski definition) is 3. The van der Waals surface area contributed by atoms with Gasteiger partial charge in [-0.15, -0.1) is 0 Å². The van der Waals surface area contributed by atoms with Crippen LogP contribution in [0.5, 0.6) is 5.75 Å². The predicted octanol–water partition coefficient (Wildman–Crippen LogP) is 2.27. The van der Waals surface area contributed by atoms with Crippen LogP contribution in [0, 0.1) is 17.6 Å². The molecule has 0 heterocycles. The van der Waals surface area contributed by atoms with Crippen molar-refractivity contribution in [1.29, 1.82) is 0 Å². The van der Waals surface area contributed by atoms with Gasteiger partial charge in [-0.2, -0.15) is 13.2 Å². The number of rotatable bonds is 4. The van der Waals surface area contributed by atoms with E-state index in [0.29, 0.717) is 18.2 Å². The zero-order valence-corrected chi connectivity index (χ0v) is 9.29. The molecule has 0 aromatic heterocycles. The fourth-order valence-electron chi connectivity index (χ4n) is 1.21. The number of hydrogen-bond donors (Lipinski definition) is 2. The second-order valence-electron chi connectivity index (χ2n) is 3.54. The maximum Gasteiger partial charge on any atom is 0.402 e. The van der Waals surface area contributed by atoms with Crippen LogP contribution in [0.4, 0.5) is 22.0 Å². The molecule has 0 aliphatic carbocycles. The maximum atomic E-state index is 12.8. The van der Waals surface area contributed by atoms with Crippen LogP contribution in [-0.2, 0) is 0 Å². The van der Waals surface area contributed by atoms with Crippen LogP contribution in [0.2, 0.25) is 0 Å². The standard InChI is InChI=1S/C10H9F5N2O2/c11-5-1-6(12)3-7(2-5)19-4-8(9(16)17-18)10(13,14)15/h1-3,8,18H,4H2,(H2,16,17). The molecule has 0 fully saturated rings. The number of amidine groups is 1. The Bertz CT molecular complexity index is 455. The molecule has 0 saturated carbocycles. The summed E-state index contributed by atoms with van der Waals surface area (Å²) in [7, 11) is 0. The average Bonchev–Trinajstić information content (AvgIpc) is 2.25. The van der Waals surface area contributed by atoms with E-state index in [2.05, 4.69) is 9.89 Å². The van der Waals surface area contributed by atoms with Crippen LogP contribution in [0.1, 0.15) is 0 Å². The number of benzene rings is 1. The van der Waals surface area contributed by atoms with Crippen molar-refractivity contribution >= 4 is 5.84 Å². The van der Waals surface area contributed by atoms with E-state index >= 15 is 0 Å². The zero-order chi connectivity index (χ0) is 14.6. The predicted molar refractivity (Wildman–Crippen MR) is 54.8 cm³/mol. The van der Waals surface area contributed by atoms with Crippen molar-refractivity contribution in [3.63, 3.8) is 0 Å². The second kappa shape index (κ2) is 5.72. The van der Waals surface area contributed by atoms with Crippen molar-refractivity contribution in [2.75, 3.05) is 6.61 Å². The number of alkyl halides is 3. The third-order valence-electron chi connectivity index (χ3n) is 2.12. The molecule has 106 valence electrons. The highest BCUT2D eigenvalue weighted by Gasteiger charge is 2.43. The number of nitrogens with zero attached hydrogens (tertiary/aromatic N) is 1. The largest absolute Gasteiger partial charge is 0.492 e. The van der Waals surface area contributed by atoms with E-state index in [1.165, 1.54) is 0 Å². The third kappa shape index (κ3) is 4.27. The normalized spacial score (nSPS) is 14.3. The minimum absolute atomic E-state index is 0.433. The smallest absolute Gasteiger partial charge is 0.402 e. The Morgan fingerprint density at radius 1 is 1.26 bits per heavy atom. The Morgan fingerprint density at radius 3 is 2.21 bits per heavy atom. The lowest BCUT2D eigenvalue weighted by Gasteiger charge is -2.19. The first-order valence-electron chi connectivity index (χ1n) is 4.87. The average molecular weight is 284 g/mol. The Morgan fingerprint density at radius 2 is 1.79 bits per heavy atom. The molecule has 0 spiro atoms. The molecule has 0 aliphatic rings. The monoisotopic (exact) mass is 284 g/mol. The van der Waals surface area contributed by atoms with E-state index in [9.17, 15) is 22.0 Å². The summed E-state index contributed by atoms with van der Waals surface area (Å²) in [6.07, 6.45) is -4.82. The number of nitrogens with two attached hydrogens (primary N) is 1. The van der Waals surface area contributed by atoms with Crippen LogP contribution in [-0.4, -0.2) is 23.8 Å². The lowest BCUT2D eigenvalue weighted by molar-refractivity contribution is -0.162. The van der Waals surface area contributed by atoms with Crippen LogP contribution < -0.4 is 10.5 Å². The summed E-state index contributed by atoms with van der Waals surface area (Å²) in [5.41, 5.74) is 4.88. The quantitative estimate of drug-likeness (QED) is 0.293. The van der Waals surface area contributed by atoms with Crippen LogP contribution in [0.15, 0.2) is 23.4 Å². The van der Waals surface area contributed by atoms with Gasteiger partial charge in [0.1, 0.15) is 29.9 Å². The van der Waals surface area contributed by atoms with Crippen molar-refractivity contribution in [1.82, 2.24) is 0 Å². The Labute approximate surface area is 104 Å². The molecule has 9 heteroatoms. The lowest BCUT2D eigenvalue weighted by atomic mass is 10.1. The van der Waals surface area contributed by atoms with Gasteiger partial charge in [-0.05, 0) is 0 Å². The van der Waals surface area contributed by atoms with E-state index in [4.69, 9.17) is 10.9 Å². The molecule has 19 heavy (non-hydrogen) atoms. The SMILES string of the molecule is N/C(=N/O)C(COc1cc(F)cc(F)c1)C(F)(F)F. The molecular formula is C10H9F5N2O2. The third-order valence-corrected chi connectivity index (χ3v) is 2.12. The Balaban J connectivity index is 2.82. The van der Waals surface area contributed by atoms with Crippen molar-refractivity contribution in [3.05, 3.63) is 29.8 Å². The van der Waals surface area contributed by atoms with Gasteiger partial charge in [0.2, 0.25) is 0 Å². The highest BCUT2D eigenvalue weighted by atomic mass is 19.4. The van der Waals surface area contributed by atoms with Gasteiger partial charge < -0.3 is 15.7 Å². The highest BCUT2D eigenvalue weighted by molar-refractivity contribution is 5.83. The van der Waals surface area contributed by atoms with Crippen LogP contribution in [0.3, 0.4) is 0 Å². The molecule has 0 bridgehead atoms. The van der Waals surface area contributed by atoms with Crippen LogP contribution in [0.25, 0.3) is 0 Å². The van der Waals surface area contributed by atoms with E-state index in [-0.39, 0.29) is 0 Å². The van der Waals surface area contributed by atoms with Crippen molar-refractivity contribution in [3.8, 4) is 5.75 Å². The fraction of sp³-hybridized carbons (Fsp3) is 0.300. The summed E-state index contributed by atoms with van der Waals surface area (Å²) in [6, 6.07) is 1.96. The summed E-state index contributed by atoms with van der Waals surface area (Å²) in [5.74, 6) is -5.92. The first-order chi connectivity index (χ1) is 8.74. The van der Waals surface area contributed by atoms with E-state index in [1.807, 2.05) is 0 Å². The number of oxime groups is 1. The molecule has 1 rings (SSSR count). The topological polar surface area (TPSA) is 67.8 Å². The van der Waals surface area contributed by atoms with Gasteiger partial charge >= 0.3 is 6.18 Å². The van der Waals surface area contributed by atoms with Crippen molar-refractivity contribution < 1.29 is 31.9 Å². The molecule has 1 aromatic carbocycles. The molecule has 0 saturated heterocycles. The van der Waals surface area contributed by atoms with Gasteiger partial charge in [0.05, 0.1) is 0 Å². The molecular weight excluding hydrogens is 275 g/mol. The van der Waals surface area contributed by atoms with E-state index in [1.54, 1.807) is 0 Å². The molecule has 0 amide bonds. The summed E-state index contributed by atoms with van der Waals surface area (Å²) in [5, 5.41) is 10.5. The number of halogens is 5. The van der Waals surface area contributed by atoms with Crippen molar-refractivity contribution in [2.45, 2.75) is 6.18 Å². The van der Waals surface area contributed by atoms with Crippen LogP contribution >= 0.6 is 0 Å². The molecule has 0 radical (unpaired) electrons. The van der Waals surface area contributed by atoms with Crippen molar-refractivity contribution in [2.24, 2.45) is 16.8 Å². The number of ether oxygens (including phenoxy) is 1. The summed E-state index contributed by atoms with van der Waals surface area (Å²) in [6.45, 7) is -1.07. The molecule has 0 aliphatic heterocycles. The fourth-order valence-corrected chi connectivity index (χ4v) is 1.21. The maximum absolute atomic E-state index is 12.8. The lowest BCUT2D eigenvalue weighted by Crippen LogP contribution is -2.40. The summed E-state index contributed by atoms with van der Waals surface area (Å²) >= 11 is 0. The summed E-state index contributed by atoms with van der Waals surface area (Å²) < 4.78 is 67.7.